The highest BCUT2D eigenvalue weighted by molar-refractivity contribution is 9.10. The van der Waals surface area contributed by atoms with Crippen LogP contribution in [-0.2, 0) is 4.74 Å². The normalized spacial score (nSPS) is 10.6. The predicted molar refractivity (Wildman–Crippen MR) is 57.9 cm³/mol. The van der Waals surface area contributed by atoms with Crippen molar-refractivity contribution < 1.29 is 18.3 Å². The maximum absolute atomic E-state index is 12.7. The highest BCUT2D eigenvalue weighted by atomic mass is 79.9. The van der Waals surface area contributed by atoms with Gasteiger partial charge >= 0.3 is 5.97 Å². The van der Waals surface area contributed by atoms with Crippen molar-refractivity contribution in [2.75, 3.05) is 6.61 Å². The number of hydrogen-bond donors (Lipinski definition) is 0. The first-order valence-electron chi connectivity index (χ1n) is 4.28. The summed E-state index contributed by atoms with van der Waals surface area (Å²) in [6, 6.07) is 0. The fourth-order valence-electron chi connectivity index (χ4n) is 1.04. The quantitative estimate of drug-likeness (QED) is 0.800. The van der Waals surface area contributed by atoms with Crippen molar-refractivity contribution in [3.05, 3.63) is 26.9 Å². The second kappa shape index (κ2) is 5.54. The zero-order valence-electron chi connectivity index (χ0n) is 8.14. The average molecular weight is 315 g/mol. The Bertz CT molecular complexity index is 415. The lowest BCUT2D eigenvalue weighted by atomic mass is 10.2. The van der Waals surface area contributed by atoms with E-state index < -0.39 is 23.7 Å². The number of hydrogen-bond acceptors (Lipinski definition) is 3. The van der Waals surface area contributed by atoms with Crippen LogP contribution in [0.3, 0.4) is 0 Å². The van der Waals surface area contributed by atoms with Gasteiger partial charge in [0, 0.05) is 6.20 Å². The van der Waals surface area contributed by atoms with Crippen LogP contribution >= 0.6 is 27.5 Å². The molecule has 1 aromatic rings. The summed E-state index contributed by atoms with van der Waals surface area (Å²) in [7, 11) is 0. The fraction of sp³-hybridized carbons (Fsp3) is 0.333. The molecule has 7 heteroatoms. The van der Waals surface area contributed by atoms with Crippen molar-refractivity contribution in [2.45, 2.75) is 13.3 Å². The van der Waals surface area contributed by atoms with Gasteiger partial charge in [-0.1, -0.05) is 11.6 Å². The zero-order valence-corrected chi connectivity index (χ0v) is 10.5. The Morgan fingerprint density at radius 3 is 2.81 bits per heavy atom. The molecule has 0 saturated heterocycles. The Morgan fingerprint density at radius 1 is 1.69 bits per heavy atom. The number of halogens is 4. The summed E-state index contributed by atoms with van der Waals surface area (Å²) < 4.78 is 30.2. The number of rotatable bonds is 3. The second-order valence-electron chi connectivity index (χ2n) is 2.70. The van der Waals surface area contributed by atoms with Crippen LogP contribution in [0.15, 0.2) is 10.7 Å². The van der Waals surface area contributed by atoms with Gasteiger partial charge in [-0.3, -0.25) is 0 Å². The molecule has 0 aromatic carbocycles. The molecule has 0 radical (unpaired) electrons. The Kier molecular flexibility index (Phi) is 4.61. The predicted octanol–water partition coefficient (Wildman–Crippen LogP) is 3.61. The number of esters is 1. The van der Waals surface area contributed by atoms with Crippen LogP contribution in [0.25, 0.3) is 0 Å². The first-order valence-corrected chi connectivity index (χ1v) is 5.45. The van der Waals surface area contributed by atoms with E-state index in [0.717, 1.165) is 0 Å². The molecule has 0 atom stereocenters. The van der Waals surface area contributed by atoms with E-state index in [1.165, 1.54) is 6.20 Å². The molecule has 3 nitrogen and oxygen atoms in total. The van der Waals surface area contributed by atoms with Crippen molar-refractivity contribution >= 4 is 33.5 Å². The number of carbonyl (C=O) groups is 1. The SMILES string of the molecule is CCOC(=O)c1ncc(Br)c(Cl)c1C(F)F. The van der Waals surface area contributed by atoms with Crippen LogP contribution in [-0.4, -0.2) is 17.6 Å². The molecule has 0 unspecified atom stereocenters. The molecule has 0 aliphatic carbocycles. The number of alkyl halides is 2. The third-order valence-corrected chi connectivity index (χ3v) is 2.93. The van der Waals surface area contributed by atoms with Crippen LogP contribution in [0.4, 0.5) is 8.78 Å². The molecule has 0 fully saturated rings. The molecular formula is C9H7BrClF2NO2. The Morgan fingerprint density at radius 2 is 2.31 bits per heavy atom. The molecular weight excluding hydrogens is 307 g/mol. The molecule has 1 rings (SSSR count). The number of aromatic nitrogens is 1. The van der Waals surface area contributed by atoms with E-state index in [9.17, 15) is 13.6 Å². The largest absolute Gasteiger partial charge is 0.461 e. The van der Waals surface area contributed by atoms with Gasteiger partial charge in [0.1, 0.15) is 0 Å². The summed E-state index contributed by atoms with van der Waals surface area (Å²) in [5.74, 6) is -0.910. The van der Waals surface area contributed by atoms with Gasteiger partial charge in [-0.05, 0) is 22.9 Å². The second-order valence-corrected chi connectivity index (χ2v) is 3.94. The lowest BCUT2D eigenvalue weighted by Crippen LogP contribution is -2.11. The Hall–Kier alpha value is -0.750. The third kappa shape index (κ3) is 2.68. The summed E-state index contributed by atoms with van der Waals surface area (Å²) in [6.07, 6.45) is -1.71. The molecule has 1 heterocycles. The third-order valence-electron chi connectivity index (χ3n) is 1.70. The highest BCUT2D eigenvalue weighted by Crippen LogP contribution is 2.34. The lowest BCUT2D eigenvalue weighted by molar-refractivity contribution is 0.0507. The summed E-state index contributed by atoms with van der Waals surface area (Å²) in [6.45, 7) is 1.65. The first-order chi connectivity index (χ1) is 7.49. The maximum atomic E-state index is 12.7. The van der Waals surface area contributed by atoms with Crippen molar-refractivity contribution in [2.24, 2.45) is 0 Å². The lowest BCUT2D eigenvalue weighted by Gasteiger charge is -2.09. The van der Waals surface area contributed by atoms with Gasteiger partial charge in [0.15, 0.2) is 5.69 Å². The molecule has 0 spiro atoms. The van der Waals surface area contributed by atoms with Crippen LogP contribution in [0.1, 0.15) is 29.4 Å². The molecule has 0 aliphatic rings. The van der Waals surface area contributed by atoms with Crippen molar-refractivity contribution in [1.82, 2.24) is 4.98 Å². The van der Waals surface area contributed by atoms with Crippen molar-refractivity contribution in [1.29, 1.82) is 0 Å². The van der Waals surface area contributed by atoms with E-state index in [0.29, 0.717) is 0 Å². The molecule has 1 aromatic heterocycles. The van der Waals surface area contributed by atoms with E-state index in [1.807, 2.05) is 0 Å². The van der Waals surface area contributed by atoms with E-state index in [1.54, 1.807) is 6.92 Å². The van der Waals surface area contributed by atoms with Crippen molar-refractivity contribution in [3.63, 3.8) is 0 Å². The maximum Gasteiger partial charge on any atom is 0.357 e. The van der Waals surface area contributed by atoms with E-state index in [4.69, 9.17) is 11.6 Å². The topological polar surface area (TPSA) is 39.2 Å². The molecule has 0 saturated carbocycles. The van der Waals surface area contributed by atoms with Crippen LogP contribution < -0.4 is 0 Å². The molecule has 0 amide bonds. The first kappa shape index (κ1) is 13.3. The zero-order chi connectivity index (χ0) is 12.3. The molecule has 0 aliphatic heterocycles. The highest BCUT2D eigenvalue weighted by Gasteiger charge is 2.25. The van der Waals surface area contributed by atoms with Crippen LogP contribution in [0.5, 0.6) is 0 Å². The standard InChI is InChI=1S/C9H7BrClF2NO2/c1-2-16-9(15)7-5(8(12)13)6(11)4(10)3-14-7/h3,8H,2H2,1H3. The van der Waals surface area contributed by atoms with Crippen molar-refractivity contribution in [3.8, 4) is 0 Å². The number of ether oxygens (including phenoxy) is 1. The van der Waals surface area contributed by atoms with Gasteiger partial charge in [-0.25, -0.2) is 18.6 Å². The van der Waals surface area contributed by atoms with Crippen LogP contribution in [0, 0.1) is 0 Å². The average Bonchev–Trinajstić information content (AvgIpc) is 2.21. The fourth-order valence-corrected chi connectivity index (χ4v) is 1.58. The number of carbonyl (C=O) groups excluding carboxylic acids is 1. The van der Waals surface area contributed by atoms with Gasteiger partial charge in [0.25, 0.3) is 6.43 Å². The Balaban J connectivity index is 3.28. The number of nitrogens with zero attached hydrogens (tertiary/aromatic N) is 1. The summed E-state index contributed by atoms with van der Waals surface area (Å²) in [5.41, 5.74) is -1.07. The molecule has 0 bridgehead atoms. The van der Waals surface area contributed by atoms with E-state index in [-0.39, 0.29) is 16.1 Å². The van der Waals surface area contributed by atoms with Gasteiger partial charge in [-0.2, -0.15) is 0 Å². The van der Waals surface area contributed by atoms with Gasteiger partial charge < -0.3 is 4.74 Å². The minimum Gasteiger partial charge on any atom is -0.461 e. The summed E-state index contributed by atoms with van der Waals surface area (Å²) in [5, 5.41) is -0.229. The molecule has 16 heavy (non-hydrogen) atoms. The van der Waals surface area contributed by atoms with Gasteiger partial charge in [0.2, 0.25) is 0 Å². The van der Waals surface area contributed by atoms with Gasteiger partial charge in [-0.15, -0.1) is 0 Å². The molecule has 88 valence electrons. The summed E-state index contributed by atoms with van der Waals surface area (Å²) in [4.78, 5) is 14.9. The molecule has 0 N–H and O–H groups in total. The minimum atomic E-state index is -2.89. The smallest absolute Gasteiger partial charge is 0.357 e. The Labute approximate surface area is 104 Å². The minimum absolute atomic E-state index is 0.0802. The number of pyridine rings is 1. The van der Waals surface area contributed by atoms with E-state index >= 15 is 0 Å². The summed E-state index contributed by atoms with van der Waals surface area (Å²) >= 11 is 8.62. The van der Waals surface area contributed by atoms with Gasteiger partial charge in [0.05, 0.1) is 21.7 Å². The van der Waals surface area contributed by atoms with E-state index in [2.05, 4.69) is 25.7 Å². The monoisotopic (exact) mass is 313 g/mol. The van der Waals surface area contributed by atoms with Crippen LogP contribution in [0.2, 0.25) is 5.02 Å².